The Morgan fingerprint density at radius 1 is 0.812 bits per heavy atom. The van der Waals surface area contributed by atoms with Crippen LogP contribution in [0.4, 0.5) is 11.4 Å². The van der Waals surface area contributed by atoms with Crippen LogP contribution in [-0.4, -0.2) is 18.9 Å². The van der Waals surface area contributed by atoms with Crippen molar-refractivity contribution in [3.05, 3.63) is 94.2 Å². The molecule has 3 aromatic rings. The van der Waals surface area contributed by atoms with Crippen LogP contribution in [0.5, 0.6) is 5.75 Å². The van der Waals surface area contributed by atoms with E-state index < -0.39 is 5.91 Å². The van der Waals surface area contributed by atoms with Crippen LogP contribution < -0.4 is 15.0 Å². The molecule has 32 heavy (non-hydrogen) atoms. The molecule has 0 atom stereocenters. The van der Waals surface area contributed by atoms with Crippen molar-refractivity contribution < 1.29 is 14.3 Å². The number of carbonyl (C=O) groups is 2. The van der Waals surface area contributed by atoms with Crippen molar-refractivity contribution in [2.75, 3.05) is 17.3 Å². The minimum Gasteiger partial charge on any atom is -0.495 e. The Morgan fingerprint density at radius 2 is 1.50 bits per heavy atom. The molecule has 5 heteroatoms. The molecule has 162 valence electrons. The molecule has 0 saturated carbocycles. The molecule has 5 nitrogen and oxygen atoms in total. The van der Waals surface area contributed by atoms with Crippen molar-refractivity contribution in [2.24, 2.45) is 0 Å². The number of rotatable bonds is 5. The molecular formula is C27H26N2O3. The van der Waals surface area contributed by atoms with Crippen LogP contribution in [0.15, 0.2) is 66.4 Å². The highest BCUT2D eigenvalue weighted by Gasteiger charge is 2.41. The van der Waals surface area contributed by atoms with E-state index in [-0.39, 0.29) is 11.6 Å². The van der Waals surface area contributed by atoms with Crippen LogP contribution in [0.25, 0.3) is 5.57 Å². The fourth-order valence-electron chi connectivity index (χ4n) is 3.85. The Kier molecular flexibility index (Phi) is 5.57. The summed E-state index contributed by atoms with van der Waals surface area (Å²) in [6.07, 6.45) is 0. The molecule has 0 bridgehead atoms. The van der Waals surface area contributed by atoms with Crippen molar-refractivity contribution in [3.63, 3.8) is 0 Å². The molecule has 1 aliphatic heterocycles. The van der Waals surface area contributed by atoms with Gasteiger partial charge in [0.05, 0.1) is 18.4 Å². The average molecular weight is 427 g/mol. The first-order valence-corrected chi connectivity index (χ1v) is 10.5. The Hall–Kier alpha value is -3.86. The molecule has 4 rings (SSSR count). The predicted molar refractivity (Wildman–Crippen MR) is 128 cm³/mol. The van der Waals surface area contributed by atoms with E-state index in [9.17, 15) is 9.59 Å². The molecule has 0 unspecified atom stereocenters. The van der Waals surface area contributed by atoms with Gasteiger partial charge >= 0.3 is 0 Å². The predicted octanol–water partition coefficient (Wildman–Crippen LogP) is 5.33. The molecular weight excluding hydrogens is 400 g/mol. The van der Waals surface area contributed by atoms with E-state index in [4.69, 9.17) is 4.74 Å². The summed E-state index contributed by atoms with van der Waals surface area (Å²) in [5.74, 6) is -0.320. The van der Waals surface area contributed by atoms with Crippen molar-refractivity contribution in [2.45, 2.75) is 27.7 Å². The molecule has 0 spiro atoms. The van der Waals surface area contributed by atoms with Crippen LogP contribution in [0.3, 0.4) is 0 Å². The lowest BCUT2D eigenvalue weighted by Crippen LogP contribution is -2.32. The van der Waals surface area contributed by atoms with Crippen LogP contribution in [0, 0.1) is 27.7 Å². The Morgan fingerprint density at radius 3 is 2.19 bits per heavy atom. The van der Waals surface area contributed by atoms with E-state index in [2.05, 4.69) is 5.32 Å². The van der Waals surface area contributed by atoms with Crippen LogP contribution in [0.1, 0.15) is 27.8 Å². The van der Waals surface area contributed by atoms with Gasteiger partial charge in [0.2, 0.25) is 0 Å². The van der Waals surface area contributed by atoms with Crippen molar-refractivity contribution in [1.29, 1.82) is 0 Å². The quantitative estimate of drug-likeness (QED) is 0.561. The molecule has 0 saturated heterocycles. The first-order chi connectivity index (χ1) is 15.3. The van der Waals surface area contributed by atoms with E-state index in [0.29, 0.717) is 22.6 Å². The lowest BCUT2D eigenvalue weighted by atomic mass is 10.0. The van der Waals surface area contributed by atoms with Gasteiger partial charge in [-0.1, -0.05) is 48.0 Å². The van der Waals surface area contributed by atoms with Gasteiger partial charge in [0.15, 0.2) is 0 Å². The second-order valence-electron chi connectivity index (χ2n) is 8.11. The van der Waals surface area contributed by atoms with Gasteiger partial charge in [0.1, 0.15) is 11.4 Å². The molecule has 3 aromatic carbocycles. The molecule has 0 fully saturated rings. The smallest absolute Gasteiger partial charge is 0.282 e. The first kappa shape index (κ1) is 21.4. The zero-order valence-electron chi connectivity index (χ0n) is 18.9. The largest absolute Gasteiger partial charge is 0.495 e. The van der Waals surface area contributed by atoms with E-state index in [0.717, 1.165) is 27.9 Å². The molecule has 0 aliphatic carbocycles. The number of nitrogens with zero attached hydrogens (tertiary/aromatic N) is 1. The van der Waals surface area contributed by atoms with Crippen molar-refractivity contribution >= 4 is 28.8 Å². The Bertz CT molecular complexity index is 1260. The summed E-state index contributed by atoms with van der Waals surface area (Å²) in [7, 11) is 1.53. The Labute approximate surface area is 188 Å². The lowest BCUT2D eigenvalue weighted by molar-refractivity contribution is -0.120. The number of amides is 2. The van der Waals surface area contributed by atoms with Gasteiger partial charge in [-0.05, 0) is 68.1 Å². The minimum atomic E-state index is -0.407. The molecule has 0 radical (unpaired) electrons. The van der Waals surface area contributed by atoms with E-state index in [1.165, 1.54) is 12.0 Å². The van der Waals surface area contributed by atoms with Gasteiger partial charge in [-0.25, -0.2) is 4.90 Å². The number of benzene rings is 3. The third-order valence-corrected chi connectivity index (χ3v) is 5.86. The van der Waals surface area contributed by atoms with E-state index >= 15 is 0 Å². The molecule has 1 aliphatic rings. The number of hydrogen-bond donors (Lipinski definition) is 1. The van der Waals surface area contributed by atoms with Gasteiger partial charge in [0.25, 0.3) is 11.8 Å². The van der Waals surface area contributed by atoms with Gasteiger partial charge < -0.3 is 10.1 Å². The molecule has 0 aromatic heterocycles. The first-order valence-electron chi connectivity index (χ1n) is 10.5. The van der Waals surface area contributed by atoms with Crippen molar-refractivity contribution in [3.8, 4) is 5.75 Å². The van der Waals surface area contributed by atoms with Gasteiger partial charge in [0, 0.05) is 5.69 Å². The summed E-state index contributed by atoms with van der Waals surface area (Å²) < 4.78 is 5.47. The fourth-order valence-corrected chi connectivity index (χ4v) is 3.85. The highest BCUT2D eigenvalue weighted by molar-refractivity contribution is 6.46. The SMILES string of the molecule is COc1ccc(C)cc1N1C(=O)C(Nc2cccc(C)c2C)=C(c2ccc(C)cc2)C1=O. The van der Waals surface area contributed by atoms with Crippen molar-refractivity contribution in [1.82, 2.24) is 0 Å². The summed E-state index contributed by atoms with van der Waals surface area (Å²) in [6.45, 7) is 7.91. The molecule has 2 amide bonds. The summed E-state index contributed by atoms with van der Waals surface area (Å²) >= 11 is 0. The summed E-state index contributed by atoms with van der Waals surface area (Å²) in [5.41, 5.74) is 6.65. The lowest BCUT2D eigenvalue weighted by Gasteiger charge is -2.19. The minimum absolute atomic E-state index is 0.260. The normalized spacial score (nSPS) is 13.7. The topological polar surface area (TPSA) is 58.6 Å². The fraction of sp³-hybridized carbons (Fsp3) is 0.185. The number of carbonyl (C=O) groups excluding carboxylic acids is 2. The second-order valence-corrected chi connectivity index (χ2v) is 8.11. The van der Waals surface area contributed by atoms with Gasteiger partial charge in [-0.3, -0.25) is 9.59 Å². The number of hydrogen-bond acceptors (Lipinski definition) is 4. The number of nitrogens with one attached hydrogen (secondary N) is 1. The zero-order valence-corrected chi connectivity index (χ0v) is 18.9. The maximum atomic E-state index is 13.7. The number of methoxy groups -OCH3 is 1. The monoisotopic (exact) mass is 426 g/mol. The van der Waals surface area contributed by atoms with Gasteiger partial charge in [-0.15, -0.1) is 0 Å². The zero-order chi connectivity index (χ0) is 23.0. The molecule has 1 heterocycles. The van der Waals surface area contributed by atoms with Crippen LogP contribution in [-0.2, 0) is 9.59 Å². The maximum absolute atomic E-state index is 13.7. The second kappa shape index (κ2) is 8.35. The van der Waals surface area contributed by atoms with Crippen LogP contribution >= 0.6 is 0 Å². The molecule has 1 N–H and O–H groups in total. The van der Waals surface area contributed by atoms with Gasteiger partial charge in [-0.2, -0.15) is 0 Å². The third kappa shape index (κ3) is 3.66. The third-order valence-electron chi connectivity index (χ3n) is 5.86. The number of ether oxygens (including phenoxy) is 1. The summed E-state index contributed by atoms with van der Waals surface area (Å²) in [6, 6.07) is 18.9. The number of imide groups is 1. The standard InChI is InChI=1S/C27H26N2O3/c1-16-9-12-20(13-10-16)24-25(28-21-8-6-7-18(3)19(21)4)27(31)29(26(24)30)22-15-17(2)11-14-23(22)32-5/h6-15,28H,1-5H3. The van der Waals surface area contributed by atoms with Crippen LogP contribution in [0.2, 0.25) is 0 Å². The average Bonchev–Trinajstić information content (AvgIpc) is 3.01. The summed E-state index contributed by atoms with van der Waals surface area (Å²) in [4.78, 5) is 28.6. The Balaban J connectivity index is 1.88. The highest BCUT2D eigenvalue weighted by Crippen LogP contribution is 2.38. The highest BCUT2D eigenvalue weighted by atomic mass is 16.5. The van der Waals surface area contributed by atoms with E-state index in [1.54, 1.807) is 12.1 Å². The maximum Gasteiger partial charge on any atom is 0.282 e. The number of aryl methyl sites for hydroxylation is 3. The number of anilines is 2. The van der Waals surface area contributed by atoms with E-state index in [1.807, 2.05) is 76.2 Å². The summed E-state index contributed by atoms with van der Waals surface area (Å²) in [5, 5.41) is 3.27.